The zero-order chi connectivity index (χ0) is 13.7. The summed E-state index contributed by atoms with van der Waals surface area (Å²) in [5.41, 5.74) is 4.03. The number of fused-ring (bicyclic) bond motifs is 1. The Hall–Kier alpha value is -1.60. The van der Waals surface area contributed by atoms with Crippen LogP contribution in [0.2, 0.25) is 0 Å². The highest BCUT2D eigenvalue weighted by Gasteiger charge is 2.19. The molecule has 19 heavy (non-hydrogen) atoms. The molecular formula is C13H15N2O3P. The van der Waals surface area contributed by atoms with Gasteiger partial charge in [0, 0.05) is 11.9 Å². The van der Waals surface area contributed by atoms with E-state index in [-0.39, 0.29) is 0 Å². The molecule has 0 N–H and O–H groups in total. The Balaban J connectivity index is 2.34. The molecule has 2 heterocycles. The molecule has 0 saturated carbocycles. The fourth-order valence-electron chi connectivity index (χ4n) is 1.59. The molecule has 0 aliphatic heterocycles. The summed E-state index contributed by atoms with van der Waals surface area (Å²) in [4.78, 5) is 4.20. The van der Waals surface area contributed by atoms with E-state index in [1.165, 1.54) is 0 Å². The van der Waals surface area contributed by atoms with E-state index in [9.17, 15) is 4.57 Å². The first-order valence-electron chi connectivity index (χ1n) is 6.03. The van der Waals surface area contributed by atoms with Crippen molar-refractivity contribution in [2.24, 2.45) is 0 Å². The number of hydrogen-bond donors (Lipinski definition) is 0. The van der Waals surface area contributed by atoms with E-state index in [4.69, 9.17) is 9.05 Å². The van der Waals surface area contributed by atoms with Crippen molar-refractivity contribution in [3.63, 3.8) is 0 Å². The summed E-state index contributed by atoms with van der Waals surface area (Å²) in [5.74, 6) is 2.82. The van der Waals surface area contributed by atoms with Crippen LogP contribution < -0.4 is 0 Å². The van der Waals surface area contributed by atoms with Gasteiger partial charge in [-0.3, -0.25) is 13.4 Å². The second-order valence-corrected chi connectivity index (χ2v) is 5.38. The van der Waals surface area contributed by atoms with Crippen molar-refractivity contribution in [1.82, 2.24) is 9.38 Å². The topological polar surface area (TPSA) is 52.8 Å². The minimum Gasteiger partial charge on any atom is -0.300 e. The maximum atomic E-state index is 12.2. The molecule has 0 radical (unpaired) electrons. The lowest BCUT2D eigenvalue weighted by Gasteiger charge is -2.09. The first-order chi connectivity index (χ1) is 9.18. The molecule has 100 valence electrons. The predicted molar refractivity (Wildman–Crippen MR) is 72.9 cm³/mol. The van der Waals surface area contributed by atoms with Gasteiger partial charge in [-0.25, -0.2) is 9.55 Å². The second kappa shape index (κ2) is 6.03. The van der Waals surface area contributed by atoms with Gasteiger partial charge in [0.15, 0.2) is 0 Å². The van der Waals surface area contributed by atoms with Crippen LogP contribution in [0.1, 0.15) is 19.5 Å². The fourth-order valence-corrected chi connectivity index (χ4v) is 2.73. The van der Waals surface area contributed by atoms with Crippen LogP contribution in [-0.2, 0) is 13.6 Å². The van der Waals surface area contributed by atoms with Crippen molar-refractivity contribution in [2.45, 2.75) is 13.8 Å². The molecule has 0 unspecified atom stereocenters. The van der Waals surface area contributed by atoms with Crippen molar-refractivity contribution in [2.75, 3.05) is 13.2 Å². The molecule has 6 heteroatoms. The van der Waals surface area contributed by atoms with E-state index in [1.54, 1.807) is 20.0 Å². The number of aromatic nitrogens is 2. The summed E-state index contributed by atoms with van der Waals surface area (Å²) in [6.07, 6.45) is 3.48. The molecule has 0 aliphatic rings. The molecule has 2 aromatic heterocycles. The molecular weight excluding hydrogens is 263 g/mol. The third kappa shape index (κ3) is 3.24. The van der Waals surface area contributed by atoms with Gasteiger partial charge >= 0.3 is 7.60 Å². The van der Waals surface area contributed by atoms with Crippen molar-refractivity contribution in [3.8, 4) is 11.6 Å². The first kappa shape index (κ1) is 13.8. The highest BCUT2D eigenvalue weighted by Crippen LogP contribution is 2.46. The van der Waals surface area contributed by atoms with Gasteiger partial charge in [0.1, 0.15) is 11.3 Å². The van der Waals surface area contributed by atoms with E-state index in [2.05, 4.69) is 16.6 Å². The predicted octanol–water partition coefficient (Wildman–Crippen LogP) is 2.91. The minimum absolute atomic E-state index is 0.291. The average Bonchev–Trinajstić information content (AvgIpc) is 2.80. The van der Waals surface area contributed by atoms with E-state index >= 15 is 0 Å². The smallest absolute Gasteiger partial charge is 0.300 e. The van der Waals surface area contributed by atoms with E-state index in [1.807, 2.05) is 28.8 Å². The second-order valence-electron chi connectivity index (χ2n) is 3.64. The fraction of sp³-hybridized carbons (Fsp3) is 0.308. The summed E-state index contributed by atoms with van der Waals surface area (Å²) in [6.45, 7) is 4.08. The molecule has 0 amide bonds. The Morgan fingerprint density at radius 1 is 1.32 bits per heavy atom. The van der Waals surface area contributed by atoms with E-state index in [0.29, 0.717) is 18.9 Å². The largest absolute Gasteiger partial charge is 0.405 e. The Morgan fingerprint density at radius 3 is 2.74 bits per heavy atom. The molecule has 5 nitrogen and oxygen atoms in total. The summed E-state index contributed by atoms with van der Waals surface area (Å²) < 4.78 is 24.2. The number of pyridine rings is 1. The normalized spacial score (nSPS) is 11.3. The molecule has 0 fully saturated rings. The lowest BCUT2D eigenvalue weighted by Crippen LogP contribution is -1.93. The summed E-state index contributed by atoms with van der Waals surface area (Å²) >= 11 is 0. The van der Waals surface area contributed by atoms with Gasteiger partial charge < -0.3 is 0 Å². The zero-order valence-corrected chi connectivity index (χ0v) is 11.8. The van der Waals surface area contributed by atoms with Crippen LogP contribution in [0.25, 0.3) is 5.65 Å². The van der Waals surface area contributed by atoms with Gasteiger partial charge in [-0.05, 0) is 31.9 Å². The van der Waals surface area contributed by atoms with Gasteiger partial charge in [0.2, 0.25) is 0 Å². The standard InChI is InChI=1S/C13H15N2O3P/c1-3-17-19(16,18-4-2)10-8-12-11-14-13-7-5-6-9-15(12)13/h5-7,9,11H,3-4H2,1-2H3. The summed E-state index contributed by atoms with van der Waals surface area (Å²) in [5, 5.41) is 0. The summed E-state index contributed by atoms with van der Waals surface area (Å²) in [6, 6.07) is 5.64. The maximum absolute atomic E-state index is 12.2. The van der Waals surface area contributed by atoms with Crippen LogP contribution in [0.15, 0.2) is 30.6 Å². The van der Waals surface area contributed by atoms with Gasteiger partial charge in [0.05, 0.1) is 19.4 Å². The lowest BCUT2D eigenvalue weighted by atomic mass is 10.4. The Morgan fingerprint density at radius 2 is 2.05 bits per heavy atom. The van der Waals surface area contributed by atoms with Crippen LogP contribution >= 0.6 is 7.60 Å². The molecule has 2 rings (SSSR count). The zero-order valence-electron chi connectivity index (χ0n) is 10.9. The third-order valence-corrected chi connectivity index (χ3v) is 3.92. The highest BCUT2D eigenvalue weighted by molar-refractivity contribution is 7.59. The van der Waals surface area contributed by atoms with Crippen LogP contribution in [0.5, 0.6) is 0 Å². The van der Waals surface area contributed by atoms with Crippen molar-refractivity contribution < 1.29 is 13.6 Å². The quantitative estimate of drug-likeness (QED) is 0.637. The molecule has 0 aromatic carbocycles. The summed E-state index contributed by atoms with van der Waals surface area (Å²) in [7, 11) is -3.34. The Kier molecular flexibility index (Phi) is 4.39. The van der Waals surface area contributed by atoms with Crippen molar-refractivity contribution >= 4 is 13.2 Å². The number of imidazole rings is 1. The van der Waals surface area contributed by atoms with Crippen LogP contribution in [0, 0.1) is 11.6 Å². The lowest BCUT2D eigenvalue weighted by molar-refractivity contribution is 0.230. The number of hydrogen-bond acceptors (Lipinski definition) is 4. The third-order valence-electron chi connectivity index (χ3n) is 2.34. The Bertz CT molecular complexity index is 659. The Labute approximate surface area is 112 Å². The van der Waals surface area contributed by atoms with Gasteiger partial charge in [-0.15, -0.1) is 0 Å². The SMILES string of the molecule is CCOP(=O)(C#Cc1cnc2ccccn12)OCC. The van der Waals surface area contributed by atoms with Gasteiger partial charge in [-0.2, -0.15) is 0 Å². The maximum Gasteiger partial charge on any atom is 0.405 e. The van der Waals surface area contributed by atoms with Crippen molar-refractivity contribution in [1.29, 1.82) is 0 Å². The molecule has 2 aromatic rings. The van der Waals surface area contributed by atoms with E-state index in [0.717, 1.165) is 5.65 Å². The first-order valence-corrected chi connectivity index (χ1v) is 7.57. The van der Waals surface area contributed by atoms with Crippen molar-refractivity contribution in [3.05, 3.63) is 36.3 Å². The molecule has 0 aliphatic carbocycles. The molecule has 0 saturated heterocycles. The van der Waals surface area contributed by atoms with Crippen LogP contribution in [0.3, 0.4) is 0 Å². The number of nitrogens with zero attached hydrogens (tertiary/aromatic N) is 2. The van der Waals surface area contributed by atoms with Gasteiger partial charge in [-0.1, -0.05) is 6.07 Å². The van der Waals surface area contributed by atoms with Gasteiger partial charge in [0.25, 0.3) is 0 Å². The molecule has 0 bridgehead atoms. The molecule has 0 atom stereocenters. The average molecular weight is 278 g/mol. The molecule has 0 spiro atoms. The monoisotopic (exact) mass is 278 g/mol. The highest BCUT2D eigenvalue weighted by atomic mass is 31.2. The number of rotatable bonds is 4. The minimum atomic E-state index is -3.34. The van der Waals surface area contributed by atoms with E-state index < -0.39 is 7.60 Å². The van der Waals surface area contributed by atoms with Crippen LogP contribution in [0.4, 0.5) is 0 Å². The van der Waals surface area contributed by atoms with Crippen LogP contribution in [-0.4, -0.2) is 22.6 Å².